The molecule has 2 aromatic carbocycles. The molecule has 0 saturated carbocycles. The van der Waals surface area contributed by atoms with Crippen LogP contribution in [0.3, 0.4) is 0 Å². The Balaban J connectivity index is 2.26. The molecule has 0 spiro atoms. The lowest BCUT2D eigenvalue weighted by atomic mass is 10.0. The van der Waals surface area contributed by atoms with Gasteiger partial charge in [-0.05, 0) is 13.8 Å². The molecule has 1 N–H and O–H groups in total. The van der Waals surface area contributed by atoms with Crippen molar-refractivity contribution in [3.05, 3.63) is 83.6 Å². The molecule has 0 amide bonds. The fourth-order valence-corrected chi connectivity index (χ4v) is 2.02. The Morgan fingerprint density at radius 3 is 2.04 bits per heavy atom. The van der Waals surface area contributed by atoms with Gasteiger partial charge in [-0.1, -0.05) is 60.7 Å². The standard InChI is InChI=1S/C19H20N2O2/c1-3-23-18(22)14-15(2)20-21-19(16-10-6-4-7-11-16)17-12-8-5-9-13-17/h4-14,20H,3H2,1-2H3/b15-14+. The van der Waals surface area contributed by atoms with Crippen LogP contribution in [0.4, 0.5) is 0 Å². The molecule has 0 radical (unpaired) electrons. The van der Waals surface area contributed by atoms with Gasteiger partial charge in [0.25, 0.3) is 0 Å². The Labute approximate surface area is 136 Å². The number of hydrazone groups is 1. The Bertz CT molecular complexity index is 650. The van der Waals surface area contributed by atoms with Crippen LogP contribution in [0.2, 0.25) is 0 Å². The lowest BCUT2D eigenvalue weighted by molar-refractivity contribution is -0.137. The van der Waals surface area contributed by atoms with Gasteiger partial charge in [0, 0.05) is 22.9 Å². The first-order valence-corrected chi connectivity index (χ1v) is 7.50. The highest BCUT2D eigenvalue weighted by Gasteiger charge is 2.06. The van der Waals surface area contributed by atoms with E-state index in [0.717, 1.165) is 16.8 Å². The van der Waals surface area contributed by atoms with E-state index < -0.39 is 0 Å². The number of ether oxygens (including phenoxy) is 1. The highest BCUT2D eigenvalue weighted by Crippen LogP contribution is 2.10. The van der Waals surface area contributed by atoms with Crippen molar-refractivity contribution in [2.75, 3.05) is 6.61 Å². The topological polar surface area (TPSA) is 50.7 Å². The maximum absolute atomic E-state index is 11.5. The van der Waals surface area contributed by atoms with Gasteiger partial charge in [0.1, 0.15) is 0 Å². The minimum atomic E-state index is -0.381. The summed E-state index contributed by atoms with van der Waals surface area (Å²) in [7, 11) is 0. The Hall–Kier alpha value is -2.88. The molecule has 0 aliphatic rings. The number of hydrogen-bond acceptors (Lipinski definition) is 4. The van der Waals surface area contributed by atoms with E-state index in [4.69, 9.17) is 4.74 Å². The molecule has 0 atom stereocenters. The predicted octanol–water partition coefficient (Wildman–Crippen LogP) is 3.50. The molecule has 0 unspecified atom stereocenters. The van der Waals surface area contributed by atoms with E-state index in [9.17, 15) is 4.79 Å². The predicted molar refractivity (Wildman–Crippen MR) is 92.0 cm³/mol. The van der Waals surface area contributed by atoms with Gasteiger partial charge >= 0.3 is 5.97 Å². The third-order valence-corrected chi connectivity index (χ3v) is 3.06. The lowest BCUT2D eigenvalue weighted by Crippen LogP contribution is -2.13. The third-order valence-electron chi connectivity index (χ3n) is 3.06. The van der Waals surface area contributed by atoms with Crippen molar-refractivity contribution in [1.29, 1.82) is 0 Å². The summed E-state index contributed by atoms with van der Waals surface area (Å²) < 4.78 is 4.88. The molecule has 0 bridgehead atoms. The van der Waals surface area contributed by atoms with Crippen LogP contribution in [0.15, 0.2) is 77.5 Å². The van der Waals surface area contributed by atoms with Crippen LogP contribution in [-0.4, -0.2) is 18.3 Å². The Morgan fingerprint density at radius 2 is 1.57 bits per heavy atom. The molecular weight excluding hydrogens is 288 g/mol. The number of benzene rings is 2. The minimum Gasteiger partial charge on any atom is -0.463 e. The summed E-state index contributed by atoms with van der Waals surface area (Å²) in [5.74, 6) is -0.381. The molecule has 0 aliphatic carbocycles. The number of rotatable bonds is 6. The number of nitrogens with zero attached hydrogens (tertiary/aromatic N) is 1. The molecule has 23 heavy (non-hydrogen) atoms. The first-order chi connectivity index (χ1) is 11.2. The van der Waals surface area contributed by atoms with Crippen molar-refractivity contribution >= 4 is 11.7 Å². The zero-order chi connectivity index (χ0) is 16.5. The van der Waals surface area contributed by atoms with Crippen molar-refractivity contribution in [2.24, 2.45) is 5.10 Å². The Kier molecular flexibility index (Phi) is 6.12. The first kappa shape index (κ1) is 16.5. The number of nitrogens with one attached hydrogen (secondary N) is 1. The number of hydrogen-bond donors (Lipinski definition) is 1. The second-order valence-corrected chi connectivity index (χ2v) is 4.88. The zero-order valence-electron chi connectivity index (χ0n) is 13.3. The lowest BCUT2D eigenvalue weighted by Gasteiger charge is -2.08. The molecule has 2 aromatic rings. The van der Waals surface area contributed by atoms with Crippen LogP contribution in [0.1, 0.15) is 25.0 Å². The molecule has 0 heterocycles. The van der Waals surface area contributed by atoms with Gasteiger partial charge in [-0.15, -0.1) is 0 Å². The van der Waals surface area contributed by atoms with Crippen LogP contribution in [0, 0.1) is 0 Å². The van der Waals surface area contributed by atoms with Crippen molar-refractivity contribution in [1.82, 2.24) is 5.43 Å². The van der Waals surface area contributed by atoms with Gasteiger partial charge in [0.2, 0.25) is 0 Å². The van der Waals surface area contributed by atoms with Crippen LogP contribution < -0.4 is 5.43 Å². The molecule has 4 nitrogen and oxygen atoms in total. The maximum atomic E-state index is 11.5. The monoisotopic (exact) mass is 308 g/mol. The smallest absolute Gasteiger partial charge is 0.332 e. The molecule has 0 fully saturated rings. The van der Waals surface area contributed by atoms with E-state index in [1.807, 2.05) is 60.7 Å². The van der Waals surface area contributed by atoms with E-state index in [1.54, 1.807) is 13.8 Å². The van der Waals surface area contributed by atoms with Crippen molar-refractivity contribution < 1.29 is 9.53 Å². The van der Waals surface area contributed by atoms with E-state index >= 15 is 0 Å². The highest BCUT2D eigenvalue weighted by molar-refractivity contribution is 6.12. The van der Waals surface area contributed by atoms with E-state index in [1.165, 1.54) is 6.08 Å². The number of allylic oxidation sites excluding steroid dienone is 1. The van der Waals surface area contributed by atoms with Crippen molar-refractivity contribution in [3.8, 4) is 0 Å². The van der Waals surface area contributed by atoms with Crippen LogP contribution >= 0.6 is 0 Å². The minimum absolute atomic E-state index is 0.352. The molecule has 2 rings (SSSR count). The van der Waals surface area contributed by atoms with Crippen LogP contribution in [0.5, 0.6) is 0 Å². The van der Waals surface area contributed by atoms with Crippen molar-refractivity contribution in [2.45, 2.75) is 13.8 Å². The Morgan fingerprint density at radius 1 is 1.04 bits per heavy atom. The summed E-state index contributed by atoms with van der Waals surface area (Å²) >= 11 is 0. The summed E-state index contributed by atoms with van der Waals surface area (Å²) in [5.41, 5.74) is 6.33. The van der Waals surface area contributed by atoms with Crippen LogP contribution in [0.25, 0.3) is 0 Å². The van der Waals surface area contributed by atoms with Gasteiger partial charge in [-0.25, -0.2) is 4.79 Å². The first-order valence-electron chi connectivity index (χ1n) is 7.50. The fraction of sp³-hybridized carbons (Fsp3) is 0.158. The largest absolute Gasteiger partial charge is 0.463 e. The summed E-state index contributed by atoms with van der Waals surface area (Å²) in [4.78, 5) is 11.5. The average Bonchev–Trinajstić information content (AvgIpc) is 2.57. The number of esters is 1. The molecular formula is C19H20N2O2. The summed E-state index contributed by atoms with van der Waals surface area (Å²) in [6.07, 6.45) is 1.39. The number of carbonyl (C=O) groups is 1. The highest BCUT2D eigenvalue weighted by atomic mass is 16.5. The molecule has 0 aliphatic heterocycles. The average molecular weight is 308 g/mol. The molecule has 118 valence electrons. The third kappa shape index (κ3) is 5.11. The van der Waals surface area contributed by atoms with E-state index in [-0.39, 0.29) is 5.97 Å². The van der Waals surface area contributed by atoms with E-state index in [0.29, 0.717) is 12.3 Å². The van der Waals surface area contributed by atoms with Crippen molar-refractivity contribution in [3.63, 3.8) is 0 Å². The molecule has 0 saturated heterocycles. The SMILES string of the molecule is CCOC(=O)/C=C(\C)NN=C(c1ccccc1)c1ccccc1. The summed E-state index contributed by atoms with van der Waals surface area (Å²) in [6.45, 7) is 3.90. The van der Waals surface area contributed by atoms with Gasteiger partial charge in [-0.2, -0.15) is 5.10 Å². The zero-order valence-corrected chi connectivity index (χ0v) is 13.3. The van der Waals surface area contributed by atoms with Gasteiger partial charge in [0.05, 0.1) is 12.3 Å². The normalized spacial score (nSPS) is 10.8. The van der Waals surface area contributed by atoms with Gasteiger partial charge < -0.3 is 4.74 Å². The summed E-state index contributed by atoms with van der Waals surface area (Å²) in [5, 5.41) is 4.47. The second-order valence-electron chi connectivity index (χ2n) is 4.88. The second kappa shape index (κ2) is 8.54. The van der Waals surface area contributed by atoms with E-state index in [2.05, 4.69) is 10.5 Å². The van der Waals surface area contributed by atoms with Crippen LogP contribution in [-0.2, 0) is 9.53 Å². The summed E-state index contributed by atoms with van der Waals surface area (Å²) in [6, 6.07) is 19.8. The quantitative estimate of drug-likeness (QED) is 0.384. The maximum Gasteiger partial charge on any atom is 0.332 e. The molecule has 0 aromatic heterocycles. The van der Waals surface area contributed by atoms with Gasteiger partial charge in [0.15, 0.2) is 0 Å². The molecule has 4 heteroatoms. The van der Waals surface area contributed by atoms with Gasteiger partial charge in [-0.3, -0.25) is 5.43 Å². The fourth-order valence-electron chi connectivity index (χ4n) is 2.02. The number of carbonyl (C=O) groups excluding carboxylic acids is 1.